The summed E-state index contributed by atoms with van der Waals surface area (Å²) in [5.74, 6) is 6.24. The number of hydrogen-bond acceptors (Lipinski definition) is 4. The summed E-state index contributed by atoms with van der Waals surface area (Å²) in [6.07, 6.45) is 3.74. The summed E-state index contributed by atoms with van der Waals surface area (Å²) >= 11 is 0. The van der Waals surface area contributed by atoms with Gasteiger partial charge in [0, 0.05) is 29.5 Å². The lowest BCUT2D eigenvalue weighted by Gasteiger charge is -2.19. The Bertz CT molecular complexity index is 753. The second kappa shape index (κ2) is 6.79. The van der Waals surface area contributed by atoms with Crippen molar-refractivity contribution in [3.05, 3.63) is 59.2 Å². The van der Waals surface area contributed by atoms with Gasteiger partial charge in [-0.1, -0.05) is 11.8 Å². The largest absolute Gasteiger partial charge is 0.619 e. The van der Waals surface area contributed by atoms with Crippen LogP contribution in [-0.2, 0) is 4.74 Å². The molecule has 0 saturated heterocycles. The Morgan fingerprint density at radius 1 is 1.22 bits per heavy atom. The molecule has 1 N–H and O–H groups in total. The third kappa shape index (κ3) is 5.67. The third-order valence-corrected chi connectivity index (χ3v) is 2.54. The number of carbonyl (C=O) groups is 1. The molecule has 0 aliphatic heterocycles. The highest BCUT2D eigenvalue weighted by atomic mass is 16.6. The maximum absolute atomic E-state index is 11.7. The monoisotopic (exact) mass is 311 g/mol. The lowest BCUT2D eigenvalue weighted by atomic mass is 10.2. The van der Waals surface area contributed by atoms with E-state index in [9.17, 15) is 10.0 Å². The molecule has 2 aromatic rings. The zero-order chi connectivity index (χ0) is 16.9. The molecule has 0 atom stereocenters. The van der Waals surface area contributed by atoms with Crippen LogP contribution in [-0.4, -0.2) is 16.7 Å². The number of ether oxygens (including phenoxy) is 1. The van der Waals surface area contributed by atoms with E-state index in [1.54, 1.807) is 51.2 Å². The Kier molecular flexibility index (Phi) is 4.82. The molecule has 2 heterocycles. The molecule has 2 rings (SSSR count). The van der Waals surface area contributed by atoms with E-state index in [-0.39, 0.29) is 0 Å². The van der Waals surface area contributed by atoms with E-state index >= 15 is 0 Å². The predicted molar refractivity (Wildman–Crippen MR) is 85.5 cm³/mol. The van der Waals surface area contributed by atoms with Crippen molar-refractivity contribution < 1.29 is 14.3 Å². The Morgan fingerprint density at radius 3 is 2.52 bits per heavy atom. The minimum atomic E-state index is -0.576. The summed E-state index contributed by atoms with van der Waals surface area (Å²) in [5, 5.41) is 13.5. The molecule has 0 radical (unpaired) electrons. The zero-order valence-corrected chi connectivity index (χ0v) is 13.2. The lowest BCUT2D eigenvalue weighted by molar-refractivity contribution is -0.605. The number of rotatable bonds is 1. The first-order valence-electron chi connectivity index (χ1n) is 6.99. The van der Waals surface area contributed by atoms with Crippen LogP contribution >= 0.6 is 0 Å². The van der Waals surface area contributed by atoms with E-state index in [1.165, 1.54) is 12.4 Å². The minimum Gasteiger partial charge on any atom is -0.619 e. The molecular formula is C17H17N3O3. The fourth-order valence-electron chi connectivity index (χ4n) is 1.63. The average molecular weight is 311 g/mol. The topological polar surface area (TPSA) is 78.2 Å². The lowest BCUT2D eigenvalue weighted by Crippen LogP contribution is -2.27. The van der Waals surface area contributed by atoms with Gasteiger partial charge in [-0.2, -0.15) is 4.73 Å². The Balaban J connectivity index is 2.08. The normalized spacial score (nSPS) is 10.4. The molecule has 0 aromatic carbocycles. The van der Waals surface area contributed by atoms with Gasteiger partial charge in [-0.25, -0.2) is 9.78 Å². The Hall–Kier alpha value is -3.07. The first-order valence-corrected chi connectivity index (χ1v) is 6.99. The fraction of sp³-hybridized carbons (Fsp3) is 0.235. The van der Waals surface area contributed by atoms with E-state index in [0.29, 0.717) is 16.1 Å². The van der Waals surface area contributed by atoms with Crippen LogP contribution in [0.1, 0.15) is 31.9 Å². The van der Waals surface area contributed by atoms with E-state index in [1.807, 2.05) is 0 Å². The smallest absolute Gasteiger partial charge is 0.413 e. The molecule has 0 bridgehead atoms. The van der Waals surface area contributed by atoms with Gasteiger partial charge in [-0.15, -0.1) is 0 Å². The SMILES string of the molecule is CC(C)(C)OC(=O)Nc1cc(C#Cc2cc[n+]([O-])cc2)ccn1. The van der Waals surface area contributed by atoms with Gasteiger partial charge < -0.3 is 9.94 Å². The second-order valence-corrected chi connectivity index (χ2v) is 5.75. The van der Waals surface area contributed by atoms with Crippen molar-refractivity contribution in [2.24, 2.45) is 0 Å². The van der Waals surface area contributed by atoms with Crippen molar-refractivity contribution in [2.75, 3.05) is 5.32 Å². The molecule has 2 aromatic heterocycles. The van der Waals surface area contributed by atoms with Crippen LogP contribution in [0.4, 0.5) is 10.6 Å². The predicted octanol–water partition coefficient (Wildman–Crippen LogP) is 2.46. The number of aromatic nitrogens is 2. The van der Waals surface area contributed by atoms with Crippen molar-refractivity contribution in [2.45, 2.75) is 26.4 Å². The molecule has 0 fully saturated rings. The molecule has 6 heteroatoms. The van der Waals surface area contributed by atoms with Crippen LogP contribution in [0.2, 0.25) is 0 Å². The van der Waals surface area contributed by atoms with Crippen molar-refractivity contribution in [1.82, 2.24) is 4.98 Å². The Morgan fingerprint density at radius 2 is 1.87 bits per heavy atom. The number of nitrogens with one attached hydrogen (secondary N) is 1. The number of pyridine rings is 2. The number of amides is 1. The van der Waals surface area contributed by atoms with Crippen molar-refractivity contribution in [1.29, 1.82) is 0 Å². The average Bonchev–Trinajstić information content (AvgIpc) is 2.45. The molecule has 6 nitrogen and oxygen atoms in total. The van der Waals surface area contributed by atoms with E-state index in [2.05, 4.69) is 22.1 Å². The second-order valence-electron chi connectivity index (χ2n) is 5.75. The first-order chi connectivity index (χ1) is 10.8. The standard InChI is InChI=1S/C17H17N3O3/c1-17(2,3)23-16(21)19-15-12-14(6-9-18-15)5-4-13-7-10-20(22)11-8-13/h6-12H,1-3H3,(H,18,19,21). The molecule has 1 amide bonds. The zero-order valence-electron chi connectivity index (χ0n) is 13.2. The molecule has 0 unspecified atom stereocenters. The van der Waals surface area contributed by atoms with Gasteiger partial charge >= 0.3 is 6.09 Å². The highest BCUT2D eigenvalue weighted by Crippen LogP contribution is 2.11. The van der Waals surface area contributed by atoms with Crippen LogP contribution in [0, 0.1) is 17.0 Å². The van der Waals surface area contributed by atoms with Crippen molar-refractivity contribution >= 4 is 11.9 Å². The molecular weight excluding hydrogens is 294 g/mol. The Labute approximate surface area is 134 Å². The van der Waals surface area contributed by atoms with Crippen LogP contribution in [0.3, 0.4) is 0 Å². The summed E-state index contributed by atoms with van der Waals surface area (Å²) in [6.45, 7) is 5.36. The number of anilines is 1. The van der Waals surface area contributed by atoms with Gasteiger partial charge in [0.05, 0.1) is 0 Å². The molecule has 0 aliphatic rings. The quantitative estimate of drug-likeness (QED) is 0.498. The van der Waals surface area contributed by atoms with Gasteiger partial charge in [0.1, 0.15) is 11.4 Å². The molecule has 23 heavy (non-hydrogen) atoms. The van der Waals surface area contributed by atoms with Crippen LogP contribution < -0.4 is 10.0 Å². The third-order valence-electron chi connectivity index (χ3n) is 2.54. The molecule has 118 valence electrons. The fourth-order valence-corrected chi connectivity index (χ4v) is 1.63. The molecule has 0 spiro atoms. The minimum absolute atomic E-state index is 0.358. The summed E-state index contributed by atoms with van der Waals surface area (Å²) in [6, 6.07) is 6.62. The van der Waals surface area contributed by atoms with Crippen molar-refractivity contribution in [3.63, 3.8) is 0 Å². The maximum Gasteiger partial charge on any atom is 0.413 e. The van der Waals surface area contributed by atoms with Crippen molar-refractivity contribution in [3.8, 4) is 11.8 Å². The van der Waals surface area contributed by atoms with Gasteiger partial charge in [0.15, 0.2) is 12.4 Å². The van der Waals surface area contributed by atoms with E-state index in [4.69, 9.17) is 4.74 Å². The van der Waals surface area contributed by atoms with Crippen LogP contribution in [0.15, 0.2) is 42.9 Å². The van der Waals surface area contributed by atoms with Gasteiger partial charge in [0.2, 0.25) is 0 Å². The van der Waals surface area contributed by atoms with Crippen LogP contribution in [0.25, 0.3) is 0 Å². The maximum atomic E-state index is 11.7. The van der Waals surface area contributed by atoms with Crippen LogP contribution in [0.5, 0.6) is 0 Å². The summed E-state index contributed by atoms with van der Waals surface area (Å²) < 4.78 is 5.86. The highest BCUT2D eigenvalue weighted by molar-refractivity contribution is 5.83. The first kappa shape index (κ1) is 16.3. The van der Waals surface area contributed by atoms with Gasteiger partial charge in [0.25, 0.3) is 0 Å². The summed E-state index contributed by atoms with van der Waals surface area (Å²) in [5.41, 5.74) is 0.827. The van der Waals surface area contributed by atoms with Gasteiger partial charge in [-0.05, 0) is 32.9 Å². The molecule has 0 aliphatic carbocycles. The van der Waals surface area contributed by atoms with E-state index < -0.39 is 11.7 Å². The summed E-state index contributed by atoms with van der Waals surface area (Å²) in [7, 11) is 0. The molecule has 0 saturated carbocycles. The number of nitrogens with zero attached hydrogens (tertiary/aromatic N) is 2. The van der Waals surface area contributed by atoms with E-state index in [0.717, 1.165) is 5.56 Å². The highest BCUT2D eigenvalue weighted by Gasteiger charge is 2.16. The number of hydrogen-bond donors (Lipinski definition) is 1. The summed E-state index contributed by atoms with van der Waals surface area (Å²) in [4.78, 5) is 15.8. The number of carbonyl (C=O) groups excluding carboxylic acids is 1. The van der Waals surface area contributed by atoms with Gasteiger partial charge in [-0.3, -0.25) is 5.32 Å².